The maximum absolute atomic E-state index is 12.0. The van der Waals surface area contributed by atoms with Crippen molar-refractivity contribution in [1.82, 2.24) is 25.1 Å². The molecular formula is C12H21N5O2S. The number of nitrogens with zero attached hydrogens (tertiary/aromatic N) is 5. The number of ether oxygens (including phenoxy) is 1. The highest BCUT2D eigenvalue weighted by molar-refractivity contribution is 7.99. The maximum atomic E-state index is 12.0. The molecule has 1 saturated heterocycles. The van der Waals surface area contributed by atoms with Crippen LogP contribution in [-0.2, 0) is 11.8 Å². The molecule has 8 heteroatoms. The Morgan fingerprint density at radius 1 is 1.35 bits per heavy atom. The van der Waals surface area contributed by atoms with E-state index < -0.39 is 5.60 Å². The lowest BCUT2D eigenvalue weighted by Gasteiger charge is -2.32. The zero-order chi connectivity index (χ0) is 14.8. The van der Waals surface area contributed by atoms with Crippen molar-refractivity contribution in [3.8, 4) is 0 Å². The van der Waals surface area contributed by atoms with Gasteiger partial charge in [0.15, 0.2) is 0 Å². The van der Waals surface area contributed by atoms with E-state index in [9.17, 15) is 4.79 Å². The number of carbonyl (C=O) groups excluding carboxylic acids is 1. The van der Waals surface area contributed by atoms with Crippen molar-refractivity contribution in [3.05, 3.63) is 0 Å². The number of rotatable bonds is 2. The van der Waals surface area contributed by atoms with Gasteiger partial charge < -0.3 is 9.64 Å². The summed E-state index contributed by atoms with van der Waals surface area (Å²) in [6.45, 7) is 7.09. The third-order valence-electron chi connectivity index (χ3n) is 2.95. The molecule has 1 aromatic rings. The van der Waals surface area contributed by atoms with E-state index in [1.165, 1.54) is 0 Å². The SMILES string of the molecule is Cn1nnnc1SC1CCN(C(=O)OC(C)(C)C)CC1. The summed E-state index contributed by atoms with van der Waals surface area (Å²) >= 11 is 1.67. The van der Waals surface area contributed by atoms with Gasteiger partial charge in [-0.1, -0.05) is 11.8 Å². The Kier molecular flexibility index (Phi) is 4.52. The van der Waals surface area contributed by atoms with Crippen molar-refractivity contribution >= 4 is 17.9 Å². The summed E-state index contributed by atoms with van der Waals surface area (Å²) in [6, 6.07) is 0. The fraction of sp³-hybridized carbons (Fsp3) is 0.833. The first-order valence-electron chi connectivity index (χ1n) is 6.72. The van der Waals surface area contributed by atoms with Crippen LogP contribution in [0.25, 0.3) is 0 Å². The van der Waals surface area contributed by atoms with Crippen LogP contribution in [0.15, 0.2) is 5.16 Å². The van der Waals surface area contributed by atoms with E-state index in [2.05, 4.69) is 15.5 Å². The monoisotopic (exact) mass is 299 g/mol. The van der Waals surface area contributed by atoms with Crippen LogP contribution in [-0.4, -0.2) is 55.1 Å². The van der Waals surface area contributed by atoms with Crippen LogP contribution in [0.2, 0.25) is 0 Å². The number of piperidine rings is 1. The van der Waals surface area contributed by atoms with Gasteiger partial charge in [-0.3, -0.25) is 0 Å². The van der Waals surface area contributed by atoms with E-state index in [4.69, 9.17) is 4.74 Å². The highest BCUT2D eigenvalue weighted by atomic mass is 32.2. The second-order valence-electron chi connectivity index (χ2n) is 5.87. The Morgan fingerprint density at radius 3 is 2.50 bits per heavy atom. The van der Waals surface area contributed by atoms with Gasteiger partial charge in [0.1, 0.15) is 5.60 Å². The van der Waals surface area contributed by atoms with E-state index in [1.54, 1.807) is 21.3 Å². The van der Waals surface area contributed by atoms with Crippen molar-refractivity contribution < 1.29 is 9.53 Å². The first kappa shape index (κ1) is 15.1. The minimum atomic E-state index is -0.438. The van der Waals surface area contributed by atoms with Crippen molar-refractivity contribution in [3.63, 3.8) is 0 Å². The highest BCUT2D eigenvalue weighted by Gasteiger charge is 2.27. The summed E-state index contributed by atoms with van der Waals surface area (Å²) in [7, 11) is 1.83. The van der Waals surface area contributed by atoms with Crippen molar-refractivity contribution in [2.45, 2.75) is 49.6 Å². The number of amides is 1. The van der Waals surface area contributed by atoms with Gasteiger partial charge in [-0.2, -0.15) is 0 Å². The molecule has 0 N–H and O–H groups in total. The van der Waals surface area contributed by atoms with E-state index in [0.717, 1.165) is 31.1 Å². The Morgan fingerprint density at radius 2 is 2.00 bits per heavy atom. The molecule has 0 radical (unpaired) electrons. The molecule has 2 heterocycles. The molecule has 7 nitrogen and oxygen atoms in total. The average molecular weight is 299 g/mol. The van der Waals surface area contributed by atoms with E-state index >= 15 is 0 Å². The largest absolute Gasteiger partial charge is 0.444 e. The Bertz CT molecular complexity index is 463. The Balaban J connectivity index is 1.81. The van der Waals surface area contributed by atoms with Gasteiger partial charge in [-0.25, -0.2) is 9.48 Å². The maximum Gasteiger partial charge on any atom is 0.410 e. The third-order valence-corrected chi connectivity index (χ3v) is 4.31. The number of hydrogen-bond donors (Lipinski definition) is 0. The van der Waals surface area contributed by atoms with Crippen LogP contribution in [0.4, 0.5) is 4.79 Å². The standard InChI is InChI=1S/C12H21N5O2S/c1-12(2,3)19-11(18)17-7-5-9(6-8-17)20-10-13-14-15-16(10)4/h9H,5-8H2,1-4H3. The topological polar surface area (TPSA) is 73.1 Å². The number of carbonyl (C=O) groups is 1. The minimum absolute atomic E-state index is 0.221. The fourth-order valence-electron chi connectivity index (χ4n) is 1.95. The summed E-state index contributed by atoms with van der Waals surface area (Å²) in [6.07, 6.45) is 1.63. The van der Waals surface area contributed by atoms with Crippen LogP contribution < -0.4 is 0 Å². The quantitative estimate of drug-likeness (QED) is 0.827. The van der Waals surface area contributed by atoms with Crippen LogP contribution in [0.3, 0.4) is 0 Å². The second-order valence-corrected chi connectivity index (χ2v) is 7.14. The van der Waals surface area contributed by atoms with Crippen LogP contribution in [0, 0.1) is 0 Å². The molecule has 2 rings (SSSR count). The van der Waals surface area contributed by atoms with Crippen molar-refractivity contribution in [1.29, 1.82) is 0 Å². The van der Waals surface area contributed by atoms with Crippen molar-refractivity contribution in [2.24, 2.45) is 7.05 Å². The Labute approximate surface area is 123 Å². The van der Waals surface area contributed by atoms with E-state index in [-0.39, 0.29) is 6.09 Å². The number of tetrazole rings is 1. The third kappa shape index (κ3) is 4.09. The van der Waals surface area contributed by atoms with Crippen LogP contribution in [0.1, 0.15) is 33.6 Å². The molecule has 1 aliphatic heterocycles. The molecule has 112 valence electrons. The normalized spacial score (nSPS) is 17.3. The first-order chi connectivity index (χ1) is 9.35. The molecule has 1 amide bonds. The lowest BCUT2D eigenvalue weighted by molar-refractivity contribution is 0.0219. The molecule has 0 atom stereocenters. The van der Waals surface area contributed by atoms with Gasteiger partial charge >= 0.3 is 6.09 Å². The van der Waals surface area contributed by atoms with Gasteiger partial charge in [0.25, 0.3) is 0 Å². The predicted molar refractivity (Wildman–Crippen MR) is 75.5 cm³/mol. The zero-order valence-electron chi connectivity index (χ0n) is 12.4. The summed E-state index contributed by atoms with van der Waals surface area (Å²) in [5, 5.41) is 12.7. The summed E-state index contributed by atoms with van der Waals surface area (Å²) < 4.78 is 7.05. The molecule has 0 saturated carbocycles. The molecule has 1 aromatic heterocycles. The molecule has 20 heavy (non-hydrogen) atoms. The Hall–Kier alpha value is -1.31. The number of aromatic nitrogens is 4. The summed E-state index contributed by atoms with van der Waals surface area (Å²) in [5.74, 6) is 0. The molecule has 1 aliphatic rings. The number of thioether (sulfide) groups is 1. The van der Waals surface area contributed by atoms with Gasteiger partial charge in [-0.15, -0.1) is 5.10 Å². The fourth-order valence-corrected chi connectivity index (χ4v) is 2.97. The lowest BCUT2D eigenvalue weighted by atomic mass is 10.1. The highest BCUT2D eigenvalue weighted by Crippen LogP contribution is 2.28. The number of aryl methyl sites for hydroxylation is 1. The van der Waals surface area contributed by atoms with Crippen LogP contribution in [0.5, 0.6) is 0 Å². The van der Waals surface area contributed by atoms with Gasteiger partial charge in [-0.05, 0) is 44.0 Å². The van der Waals surface area contributed by atoms with Crippen molar-refractivity contribution in [2.75, 3.05) is 13.1 Å². The number of likely N-dealkylation sites (tertiary alicyclic amines) is 1. The van der Waals surface area contributed by atoms with E-state index in [1.807, 2.05) is 27.8 Å². The molecule has 0 unspecified atom stereocenters. The molecule has 0 spiro atoms. The second kappa shape index (κ2) is 5.99. The van der Waals surface area contributed by atoms with Crippen LogP contribution >= 0.6 is 11.8 Å². The summed E-state index contributed by atoms with van der Waals surface area (Å²) in [4.78, 5) is 13.7. The lowest BCUT2D eigenvalue weighted by Crippen LogP contribution is -2.42. The van der Waals surface area contributed by atoms with Gasteiger partial charge in [0.2, 0.25) is 5.16 Å². The van der Waals surface area contributed by atoms with E-state index in [0.29, 0.717) is 5.25 Å². The zero-order valence-corrected chi connectivity index (χ0v) is 13.2. The molecular weight excluding hydrogens is 278 g/mol. The first-order valence-corrected chi connectivity index (χ1v) is 7.60. The molecule has 0 bridgehead atoms. The number of hydrogen-bond acceptors (Lipinski definition) is 6. The smallest absolute Gasteiger partial charge is 0.410 e. The molecule has 1 fully saturated rings. The minimum Gasteiger partial charge on any atom is -0.444 e. The predicted octanol–water partition coefficient (Wildman–Crippen LogP) is 1.70. The summed E-state index contributed by atoms with van der Waals surface area (Å²) in [5.41, 5.74) is -0.438. The molecule has 0 aliphatic carbocycles. The van der Waals surface area contributed by atoms with Gasteiger partial charge in [0, 0.05) is 25.4 Å². The molecule has 0 aromatic carbocycles. The van der Waals surface area contributed by atoms with Gasteiger partial charge in [0.05, 0.1) is 0 Å². The average Bonchev–Trinajstić information content (AvgIpc) is 2.74.